The van der Waals surface area contributed by atoms with Crippen LogP contribution in [0.5, 0.6) is 0 Å². The lowest BCUT2D eigenvalue weighted by molar-refractivity contribution is 0.100. The summed E-state index contributed by atoms with van der Waals surface area (Å²) in [6.45, 7) is 0. The topological polar surface area (TPSA) is 105 Å². The van der Waals surface area contributed by atoms with Gasteiger partial charge in [0.15, 0.2) is 5.96 Å². The molecule has 1 amide bonds. The van der Waals surface area contributed by atoms with Gasteiger partial charge < -0.3 is 11.5 Å². The number of fused-ring (bicyclic) bond motifs is 1. The molecule has 0 unspecified atom stereocenters. The lowest BCUT2D eigenvalue weighted by Gasteiger charge is -2.20. The molecule has 2 aromatic rings. The van der Waals surface area contributed by atoms with Gasteiger partial charge in [-0.25, -0.2) is 0 Å². The molecule has 0 bridgehead atoms. The van der Waals surface area contributed by atoms with E-state index >= 15 is 0 Å². The lowest BCUT2D eigenvalue weighted by atomic mass is 9.84. The summed E-state index contributed by atoms with van der Waals surface area (Å²) >= 11 is 0. The van der Waals surface area contributed by atoms with Crippen LogP contribution in [0.2, 0.25) is 0 Å². The molecule has 0 fully saturated rings. The largest absolute Gasteiger partial charge is 0.370 e. The van der Waals surface area contributed by atoms with Crippen molar-refractivity contribution >= 4 is 17.4 Å². The average molecular weight is 330 g/mol. The van der Waals surface area contributed by atoms with Crippen LogP contribution < -0.4 is 11.5 Å². The Labute approximate surface area is 146 Å². The zero-order valence-corrected chi connectivity index (χ0v) is 13.7. The number of carbonyl (C=O) groups excluding carboxylic acids is 1. The van der Waals surface area contributed by atoms with Crippen molar-refractivity contribution in [2.45, 2.75) is 19.3 Å². The van der Waals surface area contributed by atoms with Crippen molar-refractivity contribution in [2.75, 3.05) is 0 Å². The first kappa shape index (κ1) is 16.5. The zero-order chi connectivity index (χ0) is 17.8. The maximum absolute atomic E-state index is 12.1. The minimum absolute atomic E-state index is 0.252. The third-order valence-electron chi connectivity index (χ3n) is 4.22. The molecule has 0 radical (unpaired) electrons. The molecular weight excluding hydrogens is 312 g/mol. The van der Waals surface area contributed by atoms with E-state index < -0.39 is 5.91 Å². The average Bonchev–Trinajstić information content (AvgIpc) is 2.61. The SMILES string of the molecule is N#CCc1ccccc1C1=CCCc2ccc(C(=O)N=C(N)N)cc21. The van der Waals surface area contributed by atoms with Crippen molar-refractivity contribution in [3.05, 3.63) is 76.4 Å². The second-order valence-electron chi connectivity index (χ2n) is 5.86. The molecule has 0 aliphatic heterocycles. The highest BCUT2D eigenvalue weighted by Gasteiger charge is 2.18. The number of nitrogens with zero attached hydrogens (tertiary/aromatic N) is 2. The summed E-state index contributed by atoms with van der Waals surface area (Å²) in [4.78, 5) is 15.8. The van der Waals surface area contributed by atoms with Crippen LogP contribution >= 0.6 is 0 Å². The molecule has 2 aromatic carbocycles. The second-order valence-corrected chi connectivity index (χ2v) is 5.86. The van der Waals surface area contributed by atoms with Gasteiger partial charge >= 0.3 is 0 Å². The summed E-state index contributed by atoms with van der Waals surface area (Å²) in [5.41, 5.74) is 16.3. The van der Waals surface area contributed by atoms with E-state index in [1.54, 1.807) is 6.07 Å². The van der Waals surface area contributed by atoms with Crippen molar-refractivity contribution in [3.8, 4) is 6.07 Å². The maximum atomic E-state index is 12.1. The number of amides is 1. The minimum Gasteiger partial charge on any atom is -0.370 e. The van der Waals surface area contributed by atoms with Gasteiger partial charge in [-0.2, -0.15) is 10.3 Å². The predicted octanol–water partition coefficient (Wildman–Crippen LogP) is 2.54. The Morgan fingerprint density at radius 2 is 1.96 bits per heavy atom. The summed E-state index contributed by atoms with van der Waals surface area (Å²) in [5.74, 6) is -0.712. The Morgan fingerprint density at radius 3 is 2.72 bits per heavy atom. The van der Waals surface area contributed by atoms with Crippen LogP contribution in [0.25, 0.3) is 5.57 Å². The van der Waals surface area contributed by atoms with E-state index in [0.717, 1.165) is 35.1 Å². The number of aliphatic imine (C=N–C) groups is 1. The van der Waals surface area contributed by atoms with E-state index in [4.69, 9.17) is 16.7 Å². The summed E-state index contributed by atoms with van der Waals surface area (Å²) in [7, 11) is 0. The molecule has 0 spiro atoms. The van der Waals surface area contributed by atoms with Crippen molar-refractivity contribution < 1.29 is 4.79 Å². The third kappa shape index (κ3) is 3.43. The van der Waals surface area contributed by atoms with Gasteiger partial charge in [-0.15, -0.1) is 0 Å². The normalized spacial score (nSPS) is 12.5. The van der Waals surface area contributed by atoms with Crippen molar-refractivity contribution in [2.24, 2.45) is 16.5 Å². The van der Waals surface area contributed by atoms with Gasteiger partial charge in [0.2, 0.25) is 0 Å². The molecule has 0 heterocycles. The van der Waals surface area contributed by atoms with E-state index in [1.807, 2.05) is 36.4 Å². The zero-order valence-electron chi connectivity index (χ0n) is 13.7. The Kier molecular flexibility index (Phi) is 4.62. The van der Waals surface area contributed by atoms with Gasteiger partial charge in [0, 0.05) is 5.56 Å². The fourth-order valence-corrected chi connectivity index (χ4v) is 3.12. The van der Waals surface area contributed by atoms with Crippen molar-refractivity contribution in [1.29, 1.82) is 5.26 Å². The Hall–Kier alpha value is -3.39. The Balaban J connectivity index is 2.09. The fraction of sp³-hybridized carbons (Fsp3) is 0.150. The first-order chi connectivity index (χ1) is 12.1. The molecule has 1 aliphatic carbocycles. The van der Waals surface area contributed by atoms with Gasteiger partial charge in [-0.1, -0.05) is 36.4 Å². The highest BCUT2D eigenvalue weighted by molar-refractivity contribution is 6.02. The summed E-state index contributed by atoms with van der Waals surface area (Å²) in [5, 5.41) is 9.09. The van der Waals surface area contributed by atoms with Crippen LogP contribution in [-0.4, -0.2) is 11.9 Å². The molecule has 124 valence electrons. The standard InChI is InChI=1S/C20H18N4O/c21-11-10-14-4-1-2-6-16(14)17-7-3-5-13-8-9-15(12-18(13)17)19(25)24-20(22)23/h1-2,4,6-9,12H,3,5,10H2,(H4,22,23,24,25). The number of rotatable bonds is 3. The van der Waals surface area contributed by atoms with Crippen LogP contribution in [-0.2, 0) is 12.8 Å². The molecule has 25 heavy (non-hydrogen) atoms. The highest BCUT2D eigenvalue weighted by atomic mass is 16.1. The fourth-order valence-electron chi connectivity index (χ4n) is 3.12. The van der Waals surface area contributed by atoms with Crippen LogP contribution in [0.15, 0.2) is 53.5 Å². The number of benzene rings is 2. The second kappa shape index (κ2) is 7.02. The number of guanidine groups is 1. The molecule has 1 aliphatic rings. The van der Waals surface area contributed by atoms with Crippen molar-refractivity contribution in [1.82, 2.24) is 0 Å². The van der Waals surface area contributed by atoms with E-state index in [0.29, 0.717) is 12.0 Å². The van der Waals surface area contributed by atoms with Gasteiger partial charge in [0.25, 0.3) is 5.91 Å². The number of nitriles is 1. The number of nitrogens with two attached hydrogens (primary N) is 2. The summed E-state index contributed by atoms with van der Waals surface area (Å²) < 4.78 is 0. The quantitative estimate of drug-likeness (QED) is 0.666. The minimum atomic E-state index is -0.460. The van der Waals surface area contributed by atoms with Crippen LogP contribution in [0.3, 0.4) is 0 Å². The molecule has 4 N–H and O–H groups in total. The molecule has 0 saturated heterocycles. The third-order valence-corrected chi connectivity index (χ3v) is 4.22. The number of carbonyl (C=O) groups is 1. The number of hydrogen-bond donors (Lipinski definition) is 2. The van der Waals surface area contributed by atoms with Gasteiger partial charge in [-0.3, -0.25) is 4.79 Å². The molecule has 0 saturated carbocycles. The summed E-state index contributed by atoms with van der Waals surface area (Å²) in [6.07, 6.45) is 4.34. The van der Waals surface area contributed by atoms with Gasteiger partial charge in [0.05, 0.1) is 12.5 Å². The highest BCUT2D eigenvalue weighted by Crippen LogP contribution is 2.34. The van der Waals surface area contributed by atoms with Crippen molar-refractivity contribution in [3.63, 3.8) is 0 Å². The number of allylic oxidation sites excluding steroid dienone is 1. The maximum Gasteiger partial charge on any atom is 0.280 e. The monoisotopic (exact) mass is 330 g/mol. The Morgan fingerprint density at radius 1 is 1.16 bits per heavy atom. The van der Waals surface area contributed by atoms with Crippen LogP contribution in [0.4, 0.5) is 0 Å². The van der Waals surface area contributed by atoms with Crippen LogP contribution in [0.1, 0.15) is 39.0 Å². The smallest absolute Gasteiger partial charge is 0.280 e. The molecule has 5 heteroatoms. The first-order valence-electron chi connectivity index (χ1n) is 8.03. The number of hydrogen-bond acceptors (Lipinski definition) is 2. The molecule has 3 rings (SSSR count). The van der Waals surface area contributed by atoms with Crippen LogP contribution in [0, 0.1) is 11.3 Å². The van der Waals surface area contributed by atoms with E-state index in [2.05, 4.69) is 17.1 Å². The predicted molar refractivity (Wildman–Crippen MR) is 97.7 cm³/mol. The first-order valence-corrected chi connectivity index (χ1v) is 8.03. The summed E-state index contributed by atoms with van der Waals surface area (Å²) in [6, 6.07) is 15.6. The van der Waals surface area contributed by atoms with E-state index in [-0.39, 0.29) is 5.96 Å². The van der Waals surface area contributed by atoms with Gasteiger partial charge in [0.1, 0.15) is 0 Å². The van der Waals surface area contributed by atoms with E-state index in [1.165, 1.54) is 5.56 Å². The molecule has 5 nitrogen and oxygen atoms in total. The van der Waals surface area contributed by atoms with E-state index in [9.17, 15) is 4.79 Å². The lowest BCUT2D eigenvalue weighted by Crippen LogP contribution is -2.24. The van der Waals surface area contributed by atoms with Gasteiger partial charge in [-0.05, 0) is 52.8 Å². The Bertz CT molecular complexity index is 931. The number of aryl methyl sites for hydroxylation is 1. The molecular formula is C20H18N4O. The molecule has 0 aromatic heterocycles. The molecule has 0 atom stereocenters.